The Morgan fingerprint density at radius 3 is 2.33 bits per heavy atom. The van der Waals surface area contributed by atoms with Crippen LogP contribution in [0.3, 0.4) is 0 Å². The van der Waals surface area contributed by atoms with Gasteiger partial charge in [-0.3, -0.25) is 0 Å². The maximum Gasteiger partial charge on any atom is 0.0800 e. The van der Waals surface area contributed by atoms with Crippen LogP contribution in [0.15, 0.2) is 6.08 Å². The Morgan fingerprint density at radius 2 is 1.60 bits per heavy atom. The predicted octanol–water partition coefficient (Wildman–Crippen LogP) is 5.43. The van der Waals surface area contributed by atoms with E-state index >= 15 is 0 Å². The lowest BCUT2D eigenvalue weighted by atomic mass is 9.97. The Labute approximate surface area is 108 Å². The first kappa shape index (κ1) is 10.3. The molecule has 2 atom stereocenters. The minimum absolute atomic E-state index is 0.353. The standard InChI is InChI=1S/C11H6Cl4/c12-8-5-2-1-4-3-6(4)7(5)9(13)11(15)10(8)14/h1-2,4,6H,3H2. The zero-order chi connectivity index (χ0) is 10.7. The van der Waals surface area contributed by atoms with E-state index in [-0.39, 0.29) is 0 Å². The second-order valence-electron chi connectivity index (χ2n) is 3.95. The fourth-order valence-corrected chi connectivity index (χ4v) is 3.26. The summed E-state index contributed by atoms with van der Waals surface area (Å²) in [6.07, 6.45) is 5.30. The molecule has 1 saturated carbocycles. The SMILES string of the molecule is Clc1c(Cl)c(Cl)c2c(c1Cl)C=CC1CC21. The molecule has 1 fully saturated rings. The van der Waals surface area contributed by atoms with Crippen molar-refractivity contribution in [3.63, 3.8) is 0 Å². The zero-order valence-electron chi connectivity index (χ0n) is 7.53. The number of halogens is 4. The molecule has 0 nitrogen and oxygen atoms in total. The van der Waals surface area contributed by atoms with Gasteiger partial charge in [-0.25, -0.2) is 0 Å². The quantitative estimate of drug-likeness (QED) is 0.439. The lowest BCUT2D eigenvalue weighted by Crippen LogP contribution is -1.96. The Balaban J connectivity index is 2.36. The number of hydrogen-bond donors (Lipinski definition) is 0. The van der Waals surface area contributed by atoms with Crippen molar-refractivity contribution in [2.45, 2.75) is 12.3 Å². The van der Waals surface area contributed by atoms with Gasteiger partial charge in [0.1, 0.15) is 0 Å². The Kier molecular flexibility index (Phi) is 2.27. The summed E-state index contributed by atoms with van der Waals surface area (Å²) >= 11 is 24.4. The van der Waals surface area contributed by atoms with Gasteiger partial charge >= 0.3 is 0 Å². The minimum Gasteiger partial charge on any atom is -0.0823 e. The molecule has 0 spiro atoms. The van der Waals surface area contributed by atoms with Crippen LogP contribution < -0.4 is 0 Å². The van der Waals surface area contributed by atoms with E-state index in [1.165, 1.54) is 0 Å². The summed E-state index contributed by atoms with van der Waals surface area (Å²) in [5.41, 5.74) is 2.01. The van der Waals surface area contributed by atoms with Crippen molar-refractivity contribution in [1.82, 2.24) is 0 Å². The Hall–Kier alpha value is 0.120. The molecule has 2 aliphatic rings. The molecule has 0 amide bonds. The summed E-state index contributed by atoms with van der Waals surface area (Å²) in [4.78, 5) is 0. The second kappa shape index (κ2) is 3.30. The van der Waals surface area contributed by atoms with Crippen molar-refractivity contribution >= 4 is 52.5 Å². The predicted molar refractivity (Wildman–Crippen MR) is 66.4 cm³/mol. The summed E-state index contributed by atoms with van der Waals surface area (Å²) in [5.74, 6) is 1.10. The monoisotopic (exact) mass is 278 g/mol. The first-order chi connectivity index (χ1) is 7.11. The fraction of sp³-hybridized carbons (Fsp3) is 0.273. The molecule has 0 N–H and O–H groups in total. The molecule has 2 aliphatic carbocycles. The van der Waals surface area contributed by atoms with E-state index in [0.29, 0.717) is 31.9 Å². The van der Waals surface area contributed by atoms with Crippen molar-refractivity contribution in [3.8, 4) is 0 Å². The van der Waals surface area contributed by atoms with Gasteiger partial charge in [-0.1, -0.05) is 58.6 Å². The number of allylic oxidation sites excluding steroid dienone is 1. The second-order valence-corrected chi connectivity index (χ2v) is 5.46. The Morgan fingerprint density at radius 1 is 0.933 bits per heavy atom. The van der Waals surface area contributed by atoms with Crippen LogP contribution in [0, 0.1) is 5.92 Å². The summed E-state index contributed by atoms with van der Waals surface area (Å²) in [5, 5.41) is 1.81. The highest BCUT2D eigenvalue weighted by Crippen LogP contribution is 2.58. The van der Waals surface area contributed by atoms with E-state index in [2.05, 4.69) is 6.08 Å². The van der Waals surface area contributed by atoms with Gasteiger partial charge in [0.2, 0.25) is 0 Å². The molecule has 2 unspecified atom stereocenters. The van der Waals surface area contributed by atoms with Crippen LogP contribution in [0.4, 0.5) is 0 Å². The number of fused-ring (bicyclic) bond motifs is 3. The normalized spacial score (nSPS) is 26.1. The van der Waals surface area contributed by atoms with Gasteiger partial charge in [0.25, 0.3) is 0 Å². The van der Waals surface area contributed by atoms with E-state index in [1.54, 1.807) is 0 Å². The lowest BCUT2D eigenvalue weighted by Gasteiger charge is -2.16. The molecule has 0 bridgehead atoms. The maximum absolute atomic E-state index is 6.20. The molecule has 3 rings (SSSR count). The lowest BCUT2D eigenvalue weighted by molar-refractivity contribution is 0.996. The number of rotatable bonds is 0. The fourth-order valence-electron chi connectivity index (χ4n) is 2.17. The number of hydrogen-bond acceptors (Lipinski definition) is 0. The molecule has 15 heavy (non-hydrogen) atoms. The molecule has 0 aliphatic heterocycles. The van der Waals surface area contributed by atoms with E-state index in [4.69, 9.17) is 46.4 Å². The van der Waals surface area contributed by atoms with Gasteiger partial charge in [0.05, 0.1) is 20.1 Å². The van der Waals surface area contributed by atoms with E-state index in [9.17, 15) is 0 Å². The van der Waals surface area contributed by atoms with E-state index in [1.807, 2.05) is 6.08 Å². The molecule has 78 valence electrons. The highest BCUT2D eigenvalue weighted by Gasteiger charge is 2.42. The van der Waals surface area contributed by atoms with Crippen molar-refractivity contribution < 1.29 is 0 Å². The van der Waals surface area contributed by atoms with Crippen LogP contribution in [-0.2, 0) is 0 Å². The average molecular weight is 280 g/mol. The van der Waals surface area contributed by atoms with Gasteiger partial charge in [-0.2, -0.15) is 0 Å². The first-order valence-electron chi connectivity index (χ1n) is 4.65. The summed E-state index contributed by atoms with van der Waals surface area (Å²) in [6.45, 7) is 0. The molecular formula is C11H6Cl4. The van der Waals surface area contributed by atoms with E-state index < -0.39 is 0 Å². The van der Waals surface area contributed by atoms with Crippen molar-refractivity contribution in [1.29, 1.82) is 0 Å². The van der Waals surface area contributed by atoms with Gasteiger partial charge in [-0.15, -0.1) is 0 Å². The largest absolute Gasteiger partial charge is 0.0823 e. The van der Waals surface area contributed by atoms with Crippen molar-refractivity contribution in [2.24, 2.45) is 5.92 Å². The highest BCUT2D eigenvalue weighted by molar-refractivity contribution is 6.52. The molecule has 0 heterocycles. The summed E-state index contributed by atoms with van der Waals surface area (Å²) in [6, 6.07) is 0. The maximum atomic E-state index is 6.20. The topological polar surface area (TPSA) is 0 Å². The molecule has 1 aromatic carbocycles. The summed E-state index contributed by atoms with van der Waals surface area (Å²) < 4.78 is 0. The molecule has 0 aromatic heterocycles. The van der Waals surface area contributed by atoms with Crippen LogP contribution in [0.2, 0.25) is 20.1 Å². The third-order valence-electron chi connectivity index (χ3n) is 3.06. The average Bonchev–Trinajstić information content (AvgIpc) is 3.00. The molecular weight excluding hydrogens is 274 g/mol. The van der Waals surface area contributed by atoms with Gasteiger partial charge < -0.3 is 0 Å². The highest BCUT2D eigenvalue weighted by atomic mass is 35.5. The van der Waals surface area contributed by atoms with Crippen molar-refractivity contribution in [2.75, 3.05) is 0 Å². The van der Waals surface area contributed by atoms with Gasteiger partial charge in [0.15, 0.2) is 0 Å². The van der Waals surface area contributed by atoms with Crippen LogP contribution in [0.25, 0.3) is 6.08 Å². The number of benzene rings is 1. The summed E-state index contributed by atoms with van der Waals surface area (Å²) in [7, 11) is 0. The van der Waals surface area contributed by atoms with Gasteiger partial charge in [-0.05, 0) is 29.4 Å². The Bertz CT molecular complexity index is 490. The van der Waals surface area contributed by atoms with E-state index in [0.717, 1.165) is 17.5 Å². The molecule has 0 saturated heterocycles. The third-order valence-corrected chi connectivity index (χ3v) is 4.89. The zero-order valence-corrected chi connectivity index (χ0v) is 10.6. The van der Waals surface area contributed by atoms with Crippen LogP contribution in [0.1, 0.15) is 23.5 Å². The van der Waals surface area contributed by atoms with Crippen LogP contribution >= 0.6 is 46.4 Å². The molecule has 0 radical (unpaired) electrons. The minimum atomic E-state index is 0.353. The molecule has 1 aromatic rings. The first-order valence-corrected chi connectivity index (χ1v) is 6.16. The van der Waals surface area contributed by atoms with Crippen molar-refractivity contribution in [3.05, 3.63) is 37.3 Å². The van der Waals surface area contributed by atoms with Crippen LogP contribution in [0.5, 0.6) is 0 Å². The van der Waals surface area contributed by atoms with Crippen LogP contribution in [-0.4, -0.2) is 0 Å². The van der Waals surface area contributed by atoms with Gasteiger partial charge in [0, 0.05) is 0 Å². The molecule has 4 heteroatoms. The third kappa shape index (κ3) is 1.36. The smallest absolute Gasteiger partial charge is 0.0800 e.